The van der Waals surface area contributed by atoms with Crippen LogP contribution in [0.15, 0.2) is 65.7 Å². The van der Waals surface area contributed by atoms with Gasteiger partial charge in [0.25, 0.3) is 5.91 Å². The van der Waals surface area contributed by atoms with E-state index in [0.717, 1.165) is 16.8 Å². The quantitative estimate of drug-likeness (QED) is 0.618. The van der Waals surface area contributed by atoms with E-state index in [-0.39, 0.29) is 17.6 Å². The van der Waals surface area contributed by atoms with Crippen molar-refractivity contribution in [2.24, 2.45) is 0 Å². The molecule has 28 heavy (non-hydrogen) atoms. The molecule has 0 aliphatic rings. The Labute approximate surface area is 167 Å². The fourth-order valence-corrected chi connectivity index (χ4v) is 3.05. The van der Waals surface area contributed by atoms with Gasteiger partial charge in [0.15, 0.2) is 5.82 Å². The molecule has 2 N–H and O–H groups in total. The third kappa shape index (κ3) is 5.40. The molecular weight excluding hydrogens is 372 g/mol. The summed E-state index contributed by atoms with van der Waals surface area (Å²) in [4.78, 5) is 24.3. The smallest absolute Gasteiger partial charge is 0.256 e. The van der Waals surface area contributed by atoms with E-state index in [1.807, 2.05) is 38.1 Å². The Morgan fingerprint density at radius 1 is 0.929 bits per heavy atom. The van der Waals surface area contributed by atoms with Gasteiger partial charge >= 0.3 is 0 Å². The van der Waals surface area contributed by atoms with Crippen molar-refractivity contribution in [3.63, 3.8) is 0 Å². The molecule has 0 saturated heterocycles. The second kappa shape index (κ2) is 9.14. The second-order valence-electron chi connectivity index (χ2n) is 6.23. The van der Waals surface area contributed by atoms with Crippen LogP contribution >= 0.6 is 11.8 Å². The Bertz CT molecular complexity index is 975. The maximum Gasteiger partial charge on any atom is 0.256 e. The monoisotopic (exact) mass is 392 g/mol. The summed E-state index contributed by atoms with van der Waals surface area (Å²) >= 11 is 1.28. The minimum Gasteiger partial charge on any atom is -0.325 e. The van der Waals surface area contributed by atoms with E-state index in [1.165, 1.54) is 11.8 Å². The minimum absolute atomic E-state index is 0.109. The Hall–Kier alpha value is -3.19. The van der Waals surface area contributed by atoms with Crippen molar-refractivity contribution in [1.29, 1.82) is 0 Å². The average molecular weight is 392 g/mol. The molecule has 1 aromatic heterocycles. The standard InChI is InChI=1S/C21H20N4O2S/c1-14-8-9-15(2)17(12-14)22-19(26)13-28-20-11-10-18(24-25-20)23-21(27)16-6-4-3-5-7-16/h3-12H,13H2,1-2H3,(H,22,26)(H,23,24,27). The Kier molecular flexibility index (Phi) is 6.39. The van der Waals surface area contributed by atoms with Crippen LogP contribution < -0.4 is 10.6 Å². The van der Waals surface area contributed by atoms with Gasteiger partial charge in [0, 0.05) is 11.3 Å². The van der Waals surface area contributed by atoms with Crippen LogP contribution in [0, 0.1) is 13.8 Å². The summed E-state index contributed by atoms with van der Waals surface area (Å²) in [5.41, 5.74) is 3.47. The maximum atomic E-state index is 12.2. The molecule has 3 aromatic rings. The lowest BCUT2D eigenvalue weighted by molar-refractivity contribution is -0.113. The van der Waals surface area contributed by atoms with Crippen LogP contribution in [0.1, 0.15) is 21.5 Å². The van der Waals surface area contributed by atoms with Crippen molar-refractivity contribution >= 4 is 35.1 Å². The van der Waals surface area contributed by atoms with E-state index in [4.69, 9.17) is 0 Å². The van der Waals surface area contributed by atoms with E-state index in [1.54, 1.807) is 36.4 Å². The van der Waals surface area contributed by atoms with Gasteiger partial charge in [0.2, 0.25) is 5.91 Å². The molecule has 3 rings (SSSR count). The lowest BCUT2D eigenvalue weighted by Gasteiger charge is -2.09. The molecule has 0 aliphatic heterocycles. The number of hydrogen-bond donors (Lipinski definition) is 2. The number of aryl methyl sites for hydroxylation is 2. The molecule has 0 radical (unpaired) electrons. The fourth-order valence-electron chi connectivity index (χ4n) is 2.44. The van der Waals surface area contributed by atoms with Crippen LogP contribution in [-0.4, -0.2) is 27.8 Å². The number of thioether (sulfide) groups is 1. The second-order valence-corrected chi connectivity index (χ2v) is 7.23. The summed E-state index contributed by atoms with van der Waals surface area (Å²) in [5.74, 6) is 0.223. The molecule has 0 fully saturated rings. The maximum absolute atomic E-state index is 12.2. The van der Waals surface area contributed by atoms with Crippen molar-refractivity contribution in [3.8, 4) is 0 Å². The minimum atomic E-state index is -0.247. The Balaban J connectivity index is 1.52. The highest BCUT2D eigenvalue weighted by Crippen LogP contribution is 2.19. The first kappa shape index (κ1) is 19.6. The van der Waals surface area contributed by atoms with E-state index in [2.05, 4.69) is 20.8 Å². The first-order valence-corrected chi connectivity index (χ1v) is 9.70. The zero-order chi connectivity index (χ0) is 19.9. The Morgan fingerprint density at radius 3 is 2.43 bits per heavy atom. The van der Waals surface area contributed by atoms with Crippen LogP contribution in [0.3, 0.4) is 0 Å². The van der Waals surface area contributed by atoms with Crippen molar-refractivity contribution in [1.82, 2.24) is 10.2 Å². The Morgan fingerprint density at radius 2 is 1.71 bits per heavy atom. The number of anilines is 2. The van der Waals surface area contributed by atoms with E-state index in [9.17, 15) is 9.59 Å². The predicted molar refractivity (Wildman–Crippen MR) is 112 cm³/mol. The molecule has 0 aliphatic carbocycles. The van der Waals surface area contributed by atoms with Crippen LogP contribution in [0.25, 0.3) is 0 Å². The first-order valence-electron chi connectivity index (χ1n) is 8.71. The number of hydrogen-bond acceptors (Lipinski definition) is 5. The predicted octanol–water partition coefficient (Wildman–Crippen LogP) is 4.08. The van der Waals surface area contributed by atoms with Crippen LogP contribution in [0.4, 0.5) is 11.5 Å². The zero-order valence-electron chi connectivity index (χ0n) is 15.6. The van der Waals surface area contributed by atoms with E-state index >= 15 is 0 Å². The molecule has 1 heterocycles. The highest BCUT2D eigenvalue weighted by Gasteiger charge is 2.09. The third-order valence-corrected chi connectivity index (χ3v) is 4.86. The molecule has 2 amide bonds. The fraction of sp³-hybridized carbons (Fsp3) is 0.143. The van der Waals surface area contributed by atoms with Crippen molar-refractivity contribution < 1.29 is 9.59 Å². The molecule has 0 atom stereocenters. The van der Waals surface area contributed by atoms with Gasteiger partial charge in [0.1, 0.15) is 5.03 Å². The molecule has 0 unspecified atom stereocenters. The van der Waals surface area contributed by atoms with Crippen LogP contribution in [0.2, 0.25) is 0 Å². The average Bonchev–Trinajstić information content (AvgIpc) is 2.71. The molecule has 2 aromatic carbocycles. The largest absolute Gasteiger partial charge is 0.325 e. The molecular formula is C21H20N4O2S. The summed E-state index contributed by atoms with van der Waals surface area (Å²) in [6, 6.07) is 18.2. The highest BCUT2D eigenvalue weighted by atomic mass is 32.2. The number of benzene rings is 2. The first-order chi connectivity index (χ1) is 13.5. The van der Waals surface area contributed by atoms with Crippen LogP contribution in [0.5, 0.6) is 0 Å². The lowest BCUT2D eigenvalue weighted by atomic mass is 10.1. The van der Waals surface area contributed by atoms with Gasteiger partial charge in [-0.3, -0.25) is 9.59 Å². The number of amides is 2. The van der Waals surface area contributed by atoms with Gasteiger partial charge in [0.05, 0.1) is 5.75 Å². The number of carbonyl (C=O) groups is 2. The highest BCUT2D eigenvalue weighted by molar-refractivity contribution is 7.99. The molecule has 142 valence electrons. The zero-order valence-corrected chi connectivity index (χ0v) is 16.4. The van der Waals surface area contributed by atoms with Gasteiger partial charge in [-0.15, -0.1) is 10.2 Å². The number of aromatic nitrogens is 2. The lowest BCUT2D eigenvalue weighted by Crippen LogP contribution is -2.15. The topological polar surface area (TPSA) is 84.0 Å². The molecule has 0 spiro atoms. The molecule has 0 bridgehead atoms. The number of nitrogens with zero attached hydrogens (tertiary/aromatic N) is 2. The van der Waals surface area contributed by atoms with Gasteiger partial charge in [-0.25, -0.2) is 0 Å². The molecule has 6 nitrogen and oxygen atoms in total. The van der Waals surface area contributed by atoms with Crippen molar-refractivity contribution in [3.05, 3.63) is 77.4 Å². The van der Waals surface area contributed by atoms with Crippen LogP contribution in [-0.2, 0) is 4.79 Å². The number of carbonyl (C=O) groups excluding carboxylic acids is 2. The molecule has 0 saturated carbocycles. The number of nitrogens with one attached hydrogen (secondary N) is 2. The van der Waals surface area contributed by atoms with Crippen molar-refractivity contribution in [2.45, 2.75) is 18.9 Å². The van der Waals surface area contributed by atoms with Crippen molar-refractivity contribution in [2.75, 3.05) is 16.4 Å². The SMILES string of the molecule is Cc1ccc(C)c(NC(=O)CSc2ccc(NC(=O)c3ccccc3)nn2)c1. The normalized spacial score (nSPS) is 10.4. The van der Waals surface area contributed by atoms with Gasteiger partial charge < -0.3 is 10.6 Å². The summed E-state index contributed by atoms with van der Waals surface area (Å²) in [5, 5.41) is 14.3. The summed E-state index contributed by atoms with van der Waals surface area (Å²) in [6.45, 7) is 3.94. The van der Waals surface area contributed by atoms with Gasteiger partial charge in [-0.05, 0) is 55.3 Å². The summed E-state index contributed by atoms with van der Waals surface area (Å²) < 4.78 is 0. The van der Waals surface area contributed by atoms with E-state index < -0.39 is 0 Å². The summed E-state index contributed by atoms with van der Waals surface area (Å²) in [6.07, 6.45) is 0. The van der Waals surface area contributed by atoms with Gasteiger partial charge in [-0.1, -0.05) is 42.1 Å². The number of rotatable bonds is 6. The summed E-state index contributed by atoms with van der Waals surface area (Å²) in [7, 11) is 0. The third-order valence-electron chi connectivity index (χ3n) is 3.94. The van der Waals surface area contributed by atoms with Gasteiger partial charge in [-0.2, -0.15) is 0 Å². The van der Waals surface area contributed by atoms with E-state index in [0.29, 0.717) is 16.4 Å². The molecule has 7 heteroatoms.